The average Bonchev–Trinajstić information content (AvgIpc) is 3.48. The van der Waals surface area contributed by atoms with Crippen LogP contribution in [-0.4, -0.2) is 42.1 Å². The maximum absolute atomic E-state index is 13.1. The number of nitrogens with one attached hydrogen (secondary N) is 1. The number of ether oxygens (including phenoxy) is 3. The molecule has 0 aliphatic carbocycles. The van der Waals surface area contributed by atoms with Crippen molar-refractivity contribution in [3.05, 3.63) is 64.9 Å². The molecule has 4 rings (SSSR count). The van der Waals surface area contributed by atoms with Crippen LogP contribution >= 0.6 is 11.6 Å². The first kappa shape index (κ1) is 23.9. The lowest BCUT2D eigenvalue weighted by Crippen LogP contribution is -2.18. The largest absolute Gasteiger partial charge is 0.493 e. The molecule has 7 nitrogen and oxygen atoms in total. The van der Waals surface area contributed by atoms with Crippen LogP contribution in [0.4, 0.5) is 18.9 Å². The number of amides is 1. The second kappa shape index (κ2) is 9.94. The van der Waals surface area contributed by atoms with E-state index < -0.39 is 17.6 Å². The van der Waals surface area contributed by atoms with Crippen LogP contribution in [0.3, 0.4) is 0 Å². The second-order valence-electron chi connectivity index (χ2n) is 7.58. The highest BCUT2D eigenvalue weighted by molar-refractivity contribution is 6.31. The van der Waals surface area contributed by atoms with Gasteiger partial charge in [-0.3, -0.25) is 4.79 Å². The van der Waals surface area contributed by atoms with Crippen molar-refractivity contribution < 1.29 is 32.2 Å². The SMILES string of the molecule is COc1cn(-c2cccc(C(F)(F)F)c2)nc1C(=O)Nc1cc(Cl)ccc1OCC1CCCO1. The average molecular weight is 496 g/mol. The van der Waals surface area contributed by atoms with E-state index in [-0.39, 0.29) is 23.2 Å². The summed E-state index contributed by atoms with van der Waals surface area (Å²) in [7, 11) is 1.33. The molecule has 1 aromatic heterocycles. The molecule has 2 heterocycles. The number of hydrogen-bond acceptors (Lipinski definition) is 5. The Morgan fingerprint density at radius 2 is 2.09 bits per heavy atom. The first-order chi connectivity index (χ1) is 16.2. The van der Waals surface area contributed by atoms with E-state index in [0.717, 1.165) is 29.7 Å². The van der Waals surface area contributed by atoms with E-state index in [1.807, 2.05) is 0 Å². The molecular formula is C23H21ClF3N3O4. The summed E-state index contributed by atoms with van der Waals surface area (Å²) in [5.74, 6) is -0.171. The number of anilines is 1. The Hall–Kier alpha value is -3.24. The lowest BCUT2D eigenvalue weighted by molar-refractivity contribution is -0.137. The summed E-state index contributed by atoms with van der Waals surface area (Å²) < 4.78 is 57.0. The van der Waals surface area contributed by atoms with Gasteiger partial charge in [-0.15, -0.1) is 0 Å². The number of carbonyl (C=O) groups is 1. The number of benzene rings is 2. The van der Waals surface area contributed by atoms with Crippen molar-refractivity contribution in [3.63, 3.8) is 0 Å². The van der Waals surface area contributed by atoms with E-state index >= 15 is 0 Å². The van der Waals surface area contributed by atoms with Gasteiger partial charge in [0, 0.05) is 11.6 Å². The first-order valence-electron chi connectivity index (χ1n) is 10.4. The Morgan fingerprint density at radius 3 is 2.79 bits per heavy atom. The van der Waals surface area contributed by atoms with Crippen molar-refractivity contribution in [1.82, 2.24) is 9.78 Å². The molecule has 34 heavy (non-hydrogen) atoms. The van der Waals surface area contributed by atoms with E-state index in [9.17, 15) is 18.0 Å². The van der Waals surface area contributed by atoms with Gasteiger partial charge in [0.1, 0.15) is 12.4 Å². The molecule has 1 amide bonds. The number of alkyl halides is 3. The normalized spacial score (nSPS) is 15.9. The van der Waals surface area contributed by atoms with Crippen molar-refractivity contribution >= 4 is 23.2 Å². The smallest absolute Gasteiger partial charge is 0.416 e. The molecule has 3 aromatic rings. The molecule has 180 valence electrons. The predicted octanol–water partition coefficient (Wildman–Crippen LogP) is 5.36. The van der Waals surface area contributed by atoms with Gasteiger partial charge in [0.05, 0.1) is 36.3 Å². The zero-order chi connectivity index (χ0) is 24.3. The number of hydrogen-bond donors (Lipinski definition) is 1. The van der Waals surface area contributed by atoms with Gasteiger partial charge in [0.2, 0.25) is 0 Å². The summed E-state index contributed by atoms with van der Waals surface area (Å²) in [5, 5.41) is 7.22. The minimum Gasteiger partial charge on any atom is -0.493 e. The van der Waals surface area contributed by atoms with Crippen molar-refractivity contribution in [2.75, 3.05) is 25.6 Å². The molecule has 1 aliphatic heterocycles. The summed E-state index contributed by atoms with van der Waals surface area (Å²) in [6.45, 7) is 1.00. The Kier molecular flexibility index (Phi) is 6.99. The van der Waals surface area contributed by atoms with Gasteiger partial charge in [-0.2, -0.15) is 18.3 Å². The highest BCUT2D eigenvalue weighted by Crippen LogP contribution is 2.32. The molecule has 0 bridgehead atoms. The maximum Gasteiger partial charge on any atom is 0.416 e. The lowest BCUT2D eigenvalue weighted by atomic mass is 10.2. The molecule has 2 aromatic carbocycles. The fourth-order valence-electron chi connectivity index (χ4n) is 3.49. The van der Waals surface area contributed by atoms with Crippen LogP contribution in [0.15, 0.2) is 48.7 Å². The van der Waals surface area contributed by atoms with Crippen LogP contribution in [-0.2, 0) is 10.9 Å². The third kappa shape index (κ3) is 5.45. The number of nitrogens with zero attached hydrogens (tertiary/aromatic N) is 2. The molecule has 1 atom stereocenters. The zero-order valence-electron chi connectivity index (χ0n) is 18.1. The number of rotatable bonds is 7. The topological polar surface area (TPSA) is 74.6 Å². The van der Waals surface area contributed by atoms with E-state index in [0.29, 0.717) is 29.7 Å². The fourth-order valence-corrected chi connectivity index (χ4v) is 3.66. The van der Waals surface area contributed by atoms with Gasteiger partial charge < -0.3 is 19.5 Å². The molecule has 1 N–H and O–H groups in total. The quantitative estimate of drug-likeness (QED) is 0.477. The van der Waals surface area contributed by atoms with Crippen molar-refractivity contribution in [3.8, 4) is 17.2 Å². The van der Waals surface area contributed by atoms with Crippen LogP contribution in [0.2, 0.25) is 5.02 Å². The fraction of sp³-hybridized carbons (Fsp3) is 0.304. The van der Waals surface area contributed by atoms with Crippen LogP contribution in [0.25, 0.3) is 5.69 Å². The zero-order valence-corrected chi connectivity index (χ0v) is 18.8. The lowest BCUT2D eigenvalue weighted by Gasteiger charge is -2.15. The minimum atomic E-state index is -4.51. The molecule has 1 aliphatic rings. The van der Waals surface area contributed by atoms with E-state index in [1.54, 1.807) is 12.1 Å². The van der Waals surface area contributed by atoms with E-state index in [1.165, 1.54) is 31.5 Å². The molecule has 11 heteroatoms. The minimum absolute atomic E-state index is 0.0255. The highest BCUT2D eigenvalue weighted by Gasteiger charge is 2.31. The number of aromatic nitrogens is 2. The van der Waals surface area contributed by atoms with E-state index in [2.05, 4.69) is 10.4 Å². The first-order valence-corrected chi connectivity index (χ1v) is 10.8. The Bertz CT molecular complexity index is 1180. The molecule has 1 fully saturated rings. The number of methoxy groups -OCH3 is 1. The highest BCUT2D eigenvalue weighted by atomic mass is 35.5. The molecule has 1 unspecified atom stereocenters. The summed E-state index contributed by atoms with van der Waals surface area (Å²) in [5.41, 5.74) is -0.524. The third-order valence-corrected chi connectivity index (χ3v) is 5.43. The molecule has 0 saturated carbocycles. The molecule has 1 saturated heterocycles. The van der Waals surface area contributed by atoms with Crippen LogP contribution in [0.1, 0.15) is 28.9 Å². The van der Waals surface area contributed by atoms with Crippen LogP contribution in [0, 0.1) is 0 Å². The van der Waals surface area contributed by atoms with Crippen molar-refractivity contribution in [2.24, 2.45) is 0 Å². The third-order valence-electron chi connectivity index (χ3n) is 5.19. The summed E-state index contributed by atoms with van der Waals surface area (Å²) in [6, 6.07) is 9.38. The number of carbonyl (C=O) groups excluding carboxylic acids is 1. The van der Waals surface area contributed by atoms with Gasteiger partial charge in [0.25, 0.3) is 5.91 Å². The van der Waals surface area contributed by atoms with E-state index in [4.69, 9.17) is 25.8 Å². The van der Waals surface area contributed by atoms with Gasteiger partial charge in [-0.1, -0.05) is 17.7 Å². The van der Waals surface area contributed by atoms with Crippen molar-refractivity contribution in [2.45, 2.75) is 25.1 Å². The molecule has 0 radical (unpaired) electrons. The number of halogens is 4. The summed E-state index contributed by atoms with van der Waals surface area (Å²) >= 11 is 6.10. The second-order valence-corrected chi connectivity index (χ2v) is 8.02. The van der Waals surface area contributed by atoms with Gasteiger partial charge in [-0.25, -0.2) is 4.68 Å². The molecule has 0 spiro atoms. The van der Waals surface area contributed by atoms with Crippen LogP contribution < -0.4 is 14.8 Å². The predicted molar refractivity (Wildman–Crippen MR) is 119 cm³/mol. The maximum atomic E-state index is 13.1. The van der Waals surface area contributed by atoms with Gasteiger partial charge in [-0.05, 0) is 49.2 Å². The summed E-state index contributed by atoms with van der Waals surface area (Å²) in [4.78, 5) is 13.0. The Balaban J connectivity index is 1.57. The van der Waals surface area contributed by atoms with Crippen molar-refractivity contribution in [1.29, 1.82) is 0 Å². The van der Waals surface area contributed by atoms with Crippen LogP contribution in [0.5, 0.6) is 11.5 Å². The summed E-state index contributed by atoms with van der Waals surface area (Å²) in [6.07, 6.45) is -1.36. The molecular weight excluding hydrogens is 475 g/mol. The Morgan fingerprint density at radius 1 is 1.26 bits per heavy atom. The Labute approximate surface area is 198 Å². The van der Waals surface area contributed by atoms with Gasteiger partial charge in [0.15, 0.2) is 11.4 Å². The monoisotopic (exact) mass is 495 g/mol. The van der Waals surface area contributed by atoms with Gasteiger partial charge >= 0.3 is 6.18 Å². The standard InChI is InChI=1S/C23H21ClF3N3O4/c1-32-20-12-30(16-5-2-4-14(10-16)23(25,26)27)29-21(20)22(31)28-18-11-15(24)7-8-19(18)34-13-17-6-3-9-33-17/h2,4-5,7-8,10-12,17H,3,6,9,13H2,1H3,(H,28,31).